The highest BCUT2D eigenvalue weighted by molar-refractivity contribution is 7.89. The van der Waals surface area contributed by atoms with Gasteiger partial charge >= 0.3 is 0 Å². The van der Waals surface area contributed by atoms with Crippen molar-refractivity contribution in [1.29, 1.82) is 0 Å². The van der Waals surface area contributed by atoms with Gasteiger partial charge in [-0.15, -0.1) is 0 Å². The summed E-state index contributed by atoms with van der Waals surface area (Å²) in [6.07, 6.45) is -1.01. The summed E-state index contributed by atoms with van der Waals surface area (Å²) in [5.74, 6) is 1.00. The van der Waals surface area contributed by atoms with Crippen LogP contribution in [0.2, 0.25) is 0 Å². The number of aliphatic hydroxyl groups excluding tert-OH is 1. The Bertz CT molecular complexity index is 804. The van der Waals surface area contributed by atoms with Crippen molar-refractivity contribution in [1.82, 2.24) is 4.72 Å². The second-order valence-electron chi connectivity index (χ2n) is 5.30. The van der Waals surface area contributed by atoms with Gasteiger partial charge in [0.25, 0.3) is 0 Å². The quantitative estimate of drug-likeness (QED) is 0.797. The molecule has 0 aliphatic heterocycles. The lowest BCUT2D eigenvalue weighted by Crippen LogP contribution is -2.28. The second-order valence-corrected chi connectivity index (χ2v) is 7.07. The second kappa shape index (κ2) is 7.65. The van der Waals surface area contributed by atoms with E-state index in [2.05, 4.69) is 4.72 Å². The van der Waals surface area contributed by atoms with Crippen molar-refractivity contribution in [2.24, 2.45) is 0 Å². The molecule has 0 heterocycles. The van der Waals surface area contributed by atoms with Crippen LogP contribution in [0.25, 0.3) is 0 Å². The largest absolute Gasteiger partial charge is 0.493 e. The lowest BCUT2D eigenvalue weighted by molar-refractivity contribution is 0.181. The molecule has 24 heavy (non-hydrogen) atoms. The molecule has 1 atom stereocenters. The molecule has 2 aromatic carbocycles. The Morgan fingerprint density at radius 3 is 2.42 bits per heavy atom. The highest BCUT2D eigenvalue weighted by atomic mass is 32.2. The zero-order chi connectivity index (χ0) is 17.7. The van der Waals surface area contributed by atoms with Crippen molar-refractivity contribution in [3.05, 3.63) is 53.6 Å². The number of rotatable bonds is 7. The molecule has 0 bridgehead atoms. The molecular weight excluding hydrogens is 330 g/mol. The topological polar surface area (TPSA) is 84.9 Å². The van der Waals surface area contributed by atoms with E-state index in [4.69, 9.17) is 9.47 Å². The number of hydrogen-bond acceptors (Lipinski definition) is 5. The van der Waals surface area contributed by atoms with Crippen LogP contribution in [0.5, 0.6) is 11.5 Å². The zero-order valence-corrected chi connectivity index (χ0v) is 14.6. The van der Waals surface area contributed by atoms with E-state index in [0.29, 0.717) is 17.1 Å². The molecule has 0 radical (unpaired) electrons. The highest BCUT2D eigenvalue weighted by Crippen LogP contribution is 2.29. The summed E-state index contributed by atoms with van der Waals surface area (Å²) < 4.78 is 37.3. The molecule has 0 saturated carbocycles. The molecule has 6 nitrogen and oxygen atoms in total. The molecular formula is C17H21NO5S. The first-order valence-electron chi connectivity index (χ1n) is 7.33. The summed E-state index contributed by atoms with van der Waals surface area (Å²) in [7, 11) is -0.668. The van der Waals surface area contributed by atoms with E-state index in [0.717, 1.165) is 5.56 Å². The molecule has 0 aromatic heterocycles. The average Bonchev–Trinajstić information content (AvgIpc) is 2.59. The summed E-state index contributed by atoms with van der Waals surface area (Å²) in [6, 6.07) is 11.5. The van der Waals surface area contributed by atoms with Crippen molar-refractivity contribution < 1.29 is 23.0 Å². The van der Waals surface area contributed by atoms with Gasteiger partial charge in [0.15, 0.2) is 11.5 Å². The minimum Gasteiger partial charge on any atom is -0.493 e. The van der Waals surface area contributed by atoms with E-state index >= 15 is 0 Å². The predicted molar refractivity (Wildman–Crippen MR) is 90.9 cm³/mol. The SMILES string of the molecule is COc1ccc(C(O)CNS(=O)(=O)c2cccc(C)c2)cc1OC. The maximum atomic E-state index is 12.3. The summed E-state index contributed by atoms with van der Waals surface area (Å²) in [5.41, 5.74) is 1.37. The summed E-state index contributed by atoms with van der Waals surface area (Å²) in [5, 5.41) is 10.2. The van der Waals surface area contributed by atoms with Gasteiger partial charge in [0.1, 0.15) is 0 Å². The molecule has 7 heteroatoms. The molecule has 0 saturated heterocycles. The van der Waals surface area contributed by atoms with Crippen molar-refractivity contribution in [2.45, 2.75) is 17.9 Å². The fourth-order valence-corrected chi connectivity index (χ4v) is 3.38. The molecule has 130 valence electrons. The third-order valence-corrected chi connectivity index (χ3v) is 4.98. The Balaban J connectivity index is 2.11. The highest BCUT2D eigenvalue weighted by Gasteiger charge is 2.18. The van der Waals surface area contributed by atoms with Gasteiger partial charge in [-0.3, -0.25) is 0 Å². The number of benzene rings is 2. The van der Waals surface area contributed by atoms with Gasteiger partial charge < -0.3 is 14.6 Å². The number of ether oxygens (including phenoxy) is 2. The molecule has 0 fully saturated rings. The summed E-state index contributed by atoms with van der Waals surface area (Å²) >= 11 is 0. The maximum Gasteiger partial charge on any atom is 0.240 e. The molecule has 0 spiro atoms. The fourth-order valence-electron chi connectivity index (χ4n) is 2.23. The van der Waals surface area contributed by atoms with Crippen LogP contribution >= 0.6 is 0 Å². The lowest BCUT2D eigenvalue weighted by Gasteiger charge is -2.15. The number of aliphatic hydroxyl groups is 1. The summed E-state index contributed by atoms with van der Waals surface area (Å²) in [4.78, 5) is 0.169. The van der Waals surface area contributed by atoms with Gasteiger partial charge in [-0.2, -0.15) is 0 Å². The standard InChI is InChI=1S/C17H21NO5S/c1-12-5-4-6-14(9-12)24(20,21)18-11-15(19)13-7-8-16(22-2)17(10-13)23-3/h4-10,15,18-19H,11H2,1-3H3. The van der Waals surface area contributed by atoms with E-state index in [1.807, 2.05) is 13.0 Å². The zero-order valence-electron chi connectivity index (χ0n) is 13.8. The Hall–Kier alpha value is -2.09. The lowest BCUT2D eigenvalue weighted by atomic mass is 10.1. The van der Waals surface area contributed by atoms with Crippen LogP contribution in [0.15, 0.2) is 47.4 Å². The Morgan fingerprint density at radius 2 is 1.79 bits per heavy atom. The predicted octanol–water partition coefficient (Wildman–Crippen LogP) is 2.02. The van der Waals surface area contributed by atoms with Gasteiger partial charge in [-0.05, 0) is 42.3 Å². The van der Waals surface area contributed by atoms with Crippen LogP contribution < -0.4 is 14.2 Å². The molecule has 2 N–H and O–H groups in total. The van der Waals surface area contributed by atoms with E-state index in [-0.39, 0.29) is 11.4 Å². The third-order valence-electron chi connectivity index (χ3n) is 3.56. The van der Waals surface area contributed by atoms with Crippen molar-refractivity contribution in [2.75, 3.05) is 20.8 Å². The van der Waals surface area contributed by atoms with Crippen molar-refractivity contribution >= 4 is 10.0 Å². The molecule has 2 aromatic rings. The Labute approximate surface area is 142 Å². The monoisotopic (exact) mass is 351 g/mol. The van der Waals surface area contributed by atoms with Gasteiger partial charge in [-0.1, -0.05) is 18.2 Å². The fraction of sp³-hybridized carbons (Fsp3) is 0.294. The minimum atomic E-state index is -3.68. The maximum absolute atomic E-state index is 12.3. The first-order valence-corrected chi connectivity index (χ1v) is 8.82. The smallest absolute Gasteiger partial charge is 0.240 e. The molecule has 0 amide bonds. The van der Waals surface area contributed by atoms with Crippen molar-refractivity contribution in [3.63, 3.8) is 0 Å². The van der Waals surface area contributed by atoms with Crippen LogP contribution in [0.3, 0.4) is 0 Å². The van der Waals surface area contributed by atoms with Gasteiger partial charge in [-0.25, -0.2) is 13.1 Å². The normalized spacial score (nSPS) is 12.7. The third kappa shape index (κ3) is 4.25. The van der Waals surface area contributed by atoms with E-state index < -0.39 is 16.1 Å². The van der Waals surface area contributed by atoms with E-state index in [9.17, 15) is 13.5 Å². The Kier molecular flexibility index (Phi) is 5.82. The van der Waals surface area contributed by atoms with Crippen LogP contribution in [-0.4, -0.2) is 34.3 Å². The minimum absolute atomic E-state index is 0.147. The van der Waals surface area contributed by atoms with Gasteiger partial charge in [0.05, 0.1) is 25.2 Å². The summed E-state index contributed by atoms with van der Waals surface area (Å²) in [6.45, 7) is 1.67. The molecule has 0 aliphatic carbocycles. The molecule has 2 rings (SSSR count). The first kappa shape index (κ1) is 18.3. The van der Waals surface area contributed by atoms with E-state index in [1.54, 1.807) is 30.3 Å². The van der Waals surface area contributed by atoms with Crippen LogP contribution in [-0.2, 0) is 10.0 Å². The molecule has 0 aliphatic rings. The van der Waals surface area contributed by atoms with Gasteiger partial charge in [0.2, 0.25) is 10.0 Å². The van der Waals surface area contributed by atoms with Crippen LogP contribution in [0.4, 0.5) is 0 Å². The van der Waals surface area contributed by atoms with E-state index in [1.165, 1.54) is 20.3 Å². The number of sulfonamides is 1. The number of nitrogens with one attached hydrogen (secondary N) is 1. The number of methoxy groups -OCH3 is 2. The molecule has 1 unspecified atom stereocenters. The average molecular weight is 351 g/mol. The van der Waals surface area contributed by atoms with Gasteiger partial charge in [0, 0.05) is 6.54 Å². The number of aryl methyl sites for hydroxylation is 1. The Morgan fingerprint density at radius 1 is 1.08 bits per heavy atom. The first-order chi connectivity index (χ1) is 11.4. The van der Waals surface area contributed by atoms with Crippen molar-refractivity contribution in [3.8, 4) is 11.5 Å². The van der Waals surface area contributed by atoms with Crippen LogP contribution in [0, 0.1) is 6.92 Å². The van der Waals surface area contributed by atoms with Crippen LogP contribution in [0.1, 0.15) is 17.2 Å². The number of hydrogen-bond donors (Lipinski definition) is 2.